The molecule has 182 valence electrons. The van der Waals surface area contributed by atoms with Gasteiger partial charge in [-0.15, -0.1) is 0 Å². The van der Waals surface area contributed by atoms with Crippen LogP contribution in [-0.2, 0) is 14.3 Å². The van der Waals surface area contributed by atoms with E-state index in [4.69, 9.17) is 14.2 Å². The Labute approximate surface area is 200 Å². The summed E-state index contributed by atoms with van der Waals surface area (Å²) in [7, 11) is 0. The van der Waals surface area contributed by atoms with Gasteiger partial charge in [0, 0.05) is 5.56 Å². The number of hydrogen-bond acceptors (Lipinski definition) is 7. The van der Waals surface area contributed by atoms with Crippen LogP contribution in [-0.4, -0.2) is 36.9 Å². The molecule has 2 aromatic carbocycles. The molecule has 0 aliphatic rings. The third-order valence-corrected chi connectivity index (χ3v) is 5.71. The molecule has 0 amide bonds. The lowest BCUT2D eigenvalue weighted by Crippen LogP contribution is -2.27. The number of carbonyl (C=O) groups is 4. The molecule has 2 aromatic rings. The molecule has 0 bridgehead atoms. The Kier molecular flexibility index (Phi) is 9.54. The second-order valence-electron chi connectivity index (χ2n) is 8.84. The largest absolute Gasteiger partial charge is 0.462 e. The highest BCUT2D eigenvalue weighted by Crippen LogP contribution is 2.21. The summed E-state index contributed by atoms with van der Waals surface area (Å²) in [5.74, 6) is -1.28. The van der Waals surface area contributed by atoms with E-state index in [-0.39, 0.29) is 29.6 Å². The van der Waals surface area contributed by atoms with Gasteiger partial charge in [-0.2, -0.15) is 0 Å². The van der Waals surface area contributed by atoms with Gasteiger partial charge in [-0.05, 0) is 62.6 Å². The van der Waals surface area contributed by atoms with E-state index in [1.165, 1.54) is 48.5 Å². The highest BCUT2D eigenvalue weighted by molar-refractivity contribution is 5.99. The van der Waals surface area contributed by atoms with Crippen LogP contribution in [0, 0.1) is 11.3 Å². The van der Waals surface area contributed by atoms with Crippen molar-refractivity contribution < 1.29 is 33.4 Å². The highest BCUT2D eigenvalue weighted by atomic mass is 16.5. The lowest BCUT2D eigenvalue weighted by Gasteiger charge is -2.19. The average Bonchev–Trinajstić information content (AvgIpc) is 2.85. The number of hydrogen-bond donors (Lipinski definition) is 0. The maximum Gasteiger partial charge on any atom is 0.343 e. The fourth-order valence-electron chi connectivity index (χ4n) is 2.59. The van der Waals surface area contributed by atoms with Crippen molar-refractivity contribution in [3.8, 4) is 5.75 Å². The van der Waals surface area contributed by atoms with Crippen molar-refractivity contribution in [2.24, 2.45) is 11.3 Å². The molecule has 0 N–H and O–H groups in total. The van der Waals surface area contributed by atoms with Crippen molar-refractivity contribution in [3.05, 3.63) is 65.2 Å². The van der Waals surface area contributed by atoms with Gasteiger partial charge in [0.25, 0.3) is 0 Å². The van der Waals surface area contributed by atoms with Crippen LogP contribution >= 0.6 is 0 Å². The number of ketones is 1. The normalized spacial score (nSPS) is 11.9. The first-order chi connectivity index (χ1) is 16.1. The second-order valence-corrected chi connectivity index (χ2v) is 8.84. The zero-order valence-corrected chi connectivity index (χ0v) is 20.4. The third kappa shape index (κ3) is 7.54. The van der Waals surface area contributed by atoms with Crippen molar-refractivity contribution in [1.82, 2.24) is 0 Å². The Hall–Kier alpha value is -3.48. The van der Waals surface area contributed by atoms with Gasteiger partial charge < -0.3 is 14.2 Å². The molecule has 0 heterocycles. The standard InChI is InChI=1S/C27H32O7/c1-6-18(3)16-32-24(29)20-12-14-22(15-13-20)34-25(30)21-10-8-19(9-11-21)23(28)17-33-26(31)27(4,5)7-2/h8-15,18H,6-7,16-17H2,1-5H3. The van der Waals surface area contributed by atoms with E-state index in [0.29, 0.717) is 24.2 Å². The van der Waals surface area contributed by atoms with Crippen LogP contribution in [0.4, 0.5) is 0 Å². The molecule has 0 aliphatic heterocycles. The Morgan fingerprint density at radius 1 is 0.794 bits per heavy atom. The highest BCUT2D eigenvalue weighted by Gasteiger charge is 2.27. The van der Waals surface area contributed by atoms with E-state index in [0.717, 1.165) is 6.42 Å². The molecule has 0 saturated carbocycles. The maximum absolute atomic E-state index is 12.4. The first-order valence-electron chi connectivity index (χ1n) is 11.4. The molecule has 0 radical (unpaired) electrons. The number of benzene rings is 2. The second kappa shape index (κ2) is 12.1. The lowest BCUT2D eigenvalue weighted by molar-refractivity contribution is -0.152. The maximum atomic E-state index is 12.4. The minimum atomic E-state index is -0.653. The Morgan fingerprint density at radius 3 is 1.88 bits per heavy atom. The summed E-state index contributed by atoms with van der Waals surface area (Å²) in [5, 5.41) is 0. The van der Waals surface area contributed by atoms with Crippen molar-refractivity contribution >= 4 is 23.7 Å². The molecule has 7 nitrogen and oxygen atoms in total. The smallest absolute Gasteiger partial charge is 0.343 e. The van der Waals surface area contributed by atoms with E-state index >= 15 is 0 Å². The molecule has 0 saturated heterocycles. The van der Waals surface area contributed by atoms with Crippen molar-refractivity contribution in [3.63, 3.8) is 0 Å². The van der Waals surface area contributed by atoms with Crippen LogP contribution in [0.3, 0.4) is 0 Å². The summed E-state index contributed by atoms with van der Waals surface area (Å²) in [6, 6.07) is 12.0. The van der Waals surface area contributed by atoms with E-state index in [1.54, 1.807) is 13.8 Å². The van der Waals surface area contributed by atoms with Crippen molar-refractivity contribution in [1.29, 1.82) is 0 Å². The van der Waals surface area contributed by atoms with Gasteiger partial charge in [0.2, 0.25) is 0 Å². The number of esters is 3. The molecule has 0 aromatic heterocycles. The van der Waals surface area contributed by atoms with E-state index in [9.17, 15) is 19.2 Å². The zero-order chi connectivity index (χ0) is 25.3. The van der Waals surface area contributed by atoms with E-state index in [2.05, 4.69) is 0 Å². The minimum absolute atomic E-state index is 0.248. The van der Waals surface area contributed by atoms with Gasteiger partial charge >= 0.3 is 17.9 Å². The molecule has 2 rings (SSSR count). The molecule has 1 unspecified atom stereocenters. The van der Waals surface area contributed by atoms with Gasteiger partial charge in [0.1, 0.15) is 5.75 Å². The molecule has 7 heteroatoms. The number of rotatable bonds is 11. The number of Topliss-reactive ketones (excluding diaryl/α,β-unsaturated/α-hetero) is 1. The number of ether oxygens (including phenoxy) is 3. The van der Waals surface area contributed by atoms with Crippen LogP contribution in [0.25, 0.3) is 0 Å². The summed E-state index contributed by atoms with van der Waals surface area (Å²) in [5.41, 5.74) is 0.283. The fourth-order valence-corrected chi connectivity index (χ4v) is 2.59. The summed E-state index contributed by atoms with van der Waals surface area (Å²) in [6.07, 6.45) is 1.52. The SMILES string of the molecule is CCC(C)COC(=O)c1ccc(OC(=O)c2ccc(C(=O)COC(=O)C(C)(C)CC)cc2)cc1. The molecule has 0 fully saturated rings. The van der Waals surface area contributed by atoms with Crippen LogP contribution in [0.15, 0.2) is 48.5 Å². The van der Waals surface area contributed by atoms with E-state index in [1.807, 2.05) is 20.8 Å². The minimum Gasteiger partial charge on any atom is -0.462 e. The van der Waals surface area contributed by atoms with Gasteiger partial charge in [-0.3, -0.25) is 9.59 Å². The van der Waals surface area contributed by atoms with Crippen molar-refractivity contribution in [2.45, 2.75) is 47.5 Å². The summed E-state index contributed by atoms with van der Waals surface area (Å²) >= 11 is 0. The van der Waals surface area contributed by atoms with Gasteiger partial charge in [-0.1, -0.05) is 39.3 Å². The first-order valence-corrected chi connectivity index (χ1v) is 11.4. The predicted molar refractivity (Wildman–Crippen MR) is 127 cm³/mol. The Balaban J connectivity index is 1.91. The van der Waals surface area contributed by atoms with Crippen LogP contribution in [0.5, 0.6) is 5.75 Å². The number of carbonyl (C=O) groups excluding carboxylic acids is 4. The predicted octanol–water partition coefficient (Wildman–Crippen LogP) is 5.27. The van der Waals surface area contributed by atoms with Gasteiger partial charge in [0.05, 0.1) is 23.1 Å². The molecular formula is C27H32O7. The Bertz CT molecular complexity index is 1000. The topological polar surface area (TPSA) is 96.0 Å². The van der Waals surface area contributed by atoms with Gasteiger partial charge in [-0.25, -0.2) is 9.59 Å². The summed E-state index contributed by atoms with van der Waals surface area (Å²) in [4.78, 5) is 48.8. The van der Waals surface area contributed by atoms with Gasteiger partial charge in [0.15, 0.2) is 12.4 Å². The molecule has 34 heavy (non-hydrogen) atoms. The van der Waals surface area contributed by atoms with Crippen LogP contribution in [0.2, 0.25) is 0 Å². The van der Waals surface area contributed by atoms with Crippen LogP contribution < -0.4 is 4.74 Å². The lowest BCUT2D eigenvalue weighted by atomic mass is 9.91. The molecular weight excluding hydrogens is 436 g/mol. The molecule has 0 aliphatic carbocycles. The first kappa shape index (κ1) is 26.8. The van der Waals surface area contributed by atoms with Crippen LogP contribution in [0.1, 0.15) is 78.5 Å². The monoisotopic (exact) mass is 468 g/mol. The zero-order valence-electron chi connectivity index (χ0n) is 20.4. The quantitative estimate of drug-likeness (QED) is 0.252. The Morgan fingerprint density at radius 2 is 1.32 bits per heavy atom. The summed E-state index contributed by atoms with van der Waals surface area (Å²) in [6.45, 7) is 9.40. The van der Waals surface area contributed by atoms with Crippen molar-refractivity contribution in [2.75, 3.05) is 13.2 Å². The third-order valence-electron chi connectivity index (χ3n) is 5.71. The fraction of sp³-hybridized carbons (Fsp3) is 0.407. The molecule has 0 spiro atoms. The van der Waals surface area contributed by atoms with E-state index < -0.39 is 23.3 Å². The molecule has 1 atom stereocenters. The summed E-state index contributed by atoms with van der Waals surface area (Å²) < 4.78 is 15.7. The average molecular weight is 469 g/mol.